The van der Waals surface area contributed by atoms with Gasteiger partial charge in [0.25, 0.3) is 0 Å². The summed E-state index contributed by atoms with van der Waals surface area (Å²) in [5.74, 6) is 0.892. The maximum Gasteiger partial charge on any atom is 0.118 e. The Morgan fingerprint density at radius 1 is 1.15 bits per heavy atom. The molecule has 20 heavy (non-hydrogen) atoms. The Bertz CT molecular complexity index is 566. The molecule has 2 nitrogen and oxygen atoms in total. The monoisotopic (exact) mass is 333 g/mol. The predicted molar refractivity (Wildman–Crippen MR) is 87.1 cm³/mol. The van der Waals surface area contributed by atoms with E-state index in [0.29, 0.717) is 6.04 Å². The number of benzene rings is 2. The summed E-state index contributed by atoms with van der Waals surface area (Å²) in [6.45, 7) is 5.12. The largest absolute Gasteiger partial charge is 0.497 e. The summed E-state index contributed by atoms with van der Waals surface area (Å²) in [4.78, 5) is 0. The number of nitrogens with one attached hydrogen (secondary N) is 1. The second-order valence-electron chi connectivity index (χ2n) is 4.96. The second-order valence-corrected chi connectivity index (χ2v) is 5.81. The van der Waals surface area contributed by atoms with Crippen molar-refractivity contribution >= 4 is 15.9 Å². The van der Waals surface area contributed by atoms with E-state index in [9.17, 15) is 0 Å². The van der Waals surface area contributed by atoms with Gasteiger partial charge in [0.1, 0.15) is 5.75 Å². The quantitative estimate of drug-likeness (QED) is 0.862. The van der Waals surface area contributed by atoms with Crippen LogP contribution < -0.4 is 10.1 Å². The molecule has 0 amide bonds. The van der Waals surface area contributed by atoms with Gasteiger partial charge in [-0.25, -0.2) is 0 Å². The number of ether oxygens (including phenoxy) is 1. The number of methoxy groups -OCH3 is 1. The summed E-state index contributed by atoms with van der Waals surface area (Å²) in [6.07, 6.45) is 0. The fraction of sp³-hybridized carbons (Fsp3) is 0.294. The van der Waals surface area contributed by atoms with E-state index in [-0.39, 0.29) is 0 Å². The third-order valence-corrected chi connectivity index (χ3v) is 4.32. The van der Waals surface area contributed by atoms with E-state index in [4.69, 9.17) is 4.74 Å². The SMILES string of the molecule is COc1ccc([C@@H](C)NCc2ccc(C)c(Br)c2)cc1. The van der Waals surface area contributed by atoms with E-state index in [1.54, 1.807) is 7.11 Å². The highest BCUT2D eigenvalue weighted by molar-refractivity contribution is 9.10. The molecule has 0 aliphatic carbocycles. The first-order chi connectivity index (χ1) is 9.60. The average molecular weight is 334 g/mol. The molecular formula is C17H20BrNO. The zero-order valence-electron chi connectivity index (χ0n) is 12.1. The van der Waals surface area contributed by atoms with Gasteiger partial charge >= 0.3 is 0 Å². The van der Waals surface area contributed by atoms with E-state index < -0.39 is 0 Å². The van der Waals surface area contributed by atoms with Crippen LogP contribution >= 0.6 is 15.9 Å². The number of hydrogen-bond donors (Lipinski definition) is 1. The molecule has 0 aliphatic heterocycles. The third-order valence-electron chi connectivity index (χ3n) is 3.46. The second kappa shape index (κ2) is 6.91. The maximum atomic E-state index is 5.18. The minimum Gasteiger partial charge on any atom is -0.497 e. The van der Waals surface area contributed by atoms with Gasteiger partial charge in [-0.1, -0.05) is 40.2 Å². The summed E-state index contributed by atoms with van der Waals surface area (Å²) >= 11 is 3.57. The van der Waals surface area contributed by atoms with Crippen molar-refractivity contribution in [3.63, 3.8) is 0 Å². The van der Waals surface area contributed by atoms with Gasteiger partial charge in [0.05, 0.1) is 7.11 Å². The smallest absolute Gasteiger partial charge is 0.118 e. The van der Waals surface area contributed by atoms with Crippen molar-refractivity contribution in [2.24, 2.45) is 0 Å². The highest BCUT2D eigenvalue weighted by Gasteiger charge is 2.05. The number of aryl methyl sites for hydroxylation is 1. The van der Waals surface area contributed by atoms with Crippen LogP contribution in [-0.2, 0) is 6.54 Å². The molecule has 0 heterocycles. The fourth-order valence-corrected chi connectivity index (χ4v) is 2.45. The molecule has 0 aliphatic rings. The van der Waals surface area contributed by atoms with E-state index in [2.05, 4.69) is 65.4 Å². The van der Waals surface area contributed by atoms with Gasteiger partial charge < -0.3 is 10.1 Å². The van der Waals surface area contributed by atoms with Gasteiger partial charge in [0, 0.05) is 17.1 Å². The van der Waals surface area contributed by atoms with Crippen LogP contribution in [0, 0.1) is 6.92 Å². The molecule has 0 radical (unpaired) electrons. The Morgan fingerprint density at radius 3 is 2.45 bits per heavy atom. The summed E-state index contributed by atoms with van der Waals surface area (Å²) in [5.41, 5.74) is 3.80. The van der Waals surface area contributed by atoms with Crippen molar-refractivity contribution in [1.82, 2.24) is 5.32 Å². The van der Waals surface area contributed by atoms with Crippen LogP contribution in [0.25, 0.3) is 0 Å². The number of halogens is 1. The highest BCUT2D eigenvalue weighted by atomic mass is 79.9. The number of rotatable bonds is 5. The molecule has 0 saturated heterocycles. The molecule has 2 aromatic rings. The molecule has 0 unspecified atom stereocenters. The summed E-state index contributed by atoms with van der Waals surface area (Å²) < 4.78 is 6.34. The molecule has 2 rings (SSSR count). The maximum absolute atomic E-state index is 5.18. The van der Waals surface area contributed by atoms with E-state index in [1.807, 2.05) is 12.1 Å². The molecule has 0 bridgehead atoms. The lowest BCUT2D eigenvalue weighted by atomic mass is 10.1. The predicted octanol–water partition coefficient (Wildman–Crippen LogP) is 4.62. The summed E-state index contributed by atoms with van der Waals surface area (Å²) in [6, 6.07) is 15.0. The van der Waals surface area contributed by atoms with Crippen molar-refractivity contribution in [2.45, 2.75) is 26.4 Å². The van der Waals surface area contributed by atoms with Crippen LogP contribution in [0.1, 0.15) is 29.7 Å². The summed E-state index contributed by atoms with van der Waals surface area (Å²) in [7, 11) is 1.69. The molecule has 106 valence electrons. The Labute approximate surface area is 129 Å². The van der Waals surface area contributed by atoms with Crippen LogP contribution in [0.15, 0.2) is 46.9 Å². The fourth-order valence-electron chi connectivity index (χ4n) is 2.03. The first-order valence-corrected chi connectivity index (χ1v) is 7.52. The van der Waals surface area contributed by atoms with Gasteiger partial charge in [-0.2, -0.15) is 0 Å². The van der Waals surface area contributed by atoms with Crippen LogP contribution in [-0.4, -0.2) is 7.11 Å². The minimum absolute atomic E-state index is 0.306. The third kappa shape index (κ3) is 3.84. The van der Waals surface area contributed by atoms with Crippen LogP contribution in [0.3, 0.4) is 0 Å². The Balaban J connectivity index is 1.96. The van der Waals surface area contributed by atoms with Crippen molar-refractivity contribution in [3.8, 4) is 5.75 Å². The molecule has 0 spiro atoms. The molecule has 1 N–H and O–H groups in total. The highest BCUT2D eigenvalue weighted by Crippen LogP contribution is 2.20. The lowest BCUT2D eigenvalue weighted by Gasteiger charge is -2.15. The standard InChI is InChI=1S/C17H20BrNO/c1-12-4-5-14(10-17(12)18)11-19-13(2)15-6-8-16(20-3)9-7-15/h4-10,13,19H,11H2,1-3H3/t13-/m1/s1. The molecular weight excluding hydrogens is 314 g/mol. The number of hydrogen-bond acceptors (Lipinski definition) is 2. The first kappa shape index (κ1) is 15.1. The van der Waals surface area contributed by atoms with Gasteiger partial charge in [-0.05, 0) is 48.7 Å². The Hall–Kier alpha value is -1.32. The Kier molecular flexibility index (Phi) is 5.21. The lowest BCUT2D eigenvalue weighted by Crippen LogP contribution is -2.18. The summed E-state index contributed by atoms with van der Waals surface area (Å²) in [5, 5.41) is 3.54. The van der Waals surface area contributed by atoms with E-state index in [1.165, 1.54) is 16.7 Å². The molecule has 0 fully saturated rings. The molecule has 1 atom stereocenters. The Morgan fingerprint density at radius 2 is 1.85 bits per heavy atom. The molecule has 0 aromatic heterocycles. The van der Waals surface area contributed by atoms with Crippen LogP contribution in [0.2, 0.25) is 0 Å². The van der Waals surface area contributed by atoms with Crippen molar-refractivity contribution in [3.05, 3.63) is 63.6 Å². The van der Waals surface area contributed by atoms with Crippen molar-refractivity contribution in [2.75, 3.05) is 7.11 Å². The van der Waals surface area contributed by atoms with E-state index >= 15 is 0 Å². The van der Waals surface area contributed by atoms with Gasteiger partial charge in [0.2, 0.25) is 0 Å². The molecule has 2 aromatic carbocycles. The van der Waals surface area contributed by atoms with Crippen molar-refractivity contribution in [1.29, 1.82) is 0 Å². The van der Waals surface area contributed by atoms with Gasteiger partial charge in [-0.3, -0.25) is 0 Å². The first-order valence-electron chi connectivity index (χ1n) is 6.72. The van der Waals surface area contributed by atoms with Crippen molar-refractivity contribution < 1.29 is 4.74 Å². The topological polar surface area (TPSA) is 21.3 Å². The normalized spacial score (nSPS) is 12.2. The van der Waals surface area contributed by atoms with Gasteiger partial charge in [0.15, 0.2) is 0 Å². The van der Waals surface area contributed by atoms with Gasteiger partial charge in [-0.15, -0.1) is 0 Å². The molecule has 0 saturated carbocycles. The van der Waals surface area contributed by atoms with Crippen LogP contribution in [0.4, 0.5) is 0 Å². The van der Waals surface area contributed by atoms with E-state index in [0.717, 1.165) is 16.8 Å². The zero-order chi connectivity index (χ0) is 14.5. The van der Waals surface area contributed by atoms with Crippen LogP contribution in [0.5, 0.6) is 5.75 Å². The molecule has 3 heteroatoms. The minimum atomic E-state index is 0.306. The zero-order valence-corrected chi connectivity index (χ0v) is 13.7. The average Bonchev–Trinajstić information content (AvgIpc) is 2.48. The lowest BCUT2D eigenvalue weighted by molar-refractivity contribution is 0.414.